The molecule has 2 amide bonds. The van der Waals surface area contributed by atoms with Crippen molar-refractivity contribution in [3.63, 3.8) is 0 Å². The molecule has 0 atom stereocenters. The summed E-state index contributed by atoms with van der Waals surface area (Å²) in [6.45, 7) is 2.49. The van der Waals surface area contributed by atoms with Crippen molar-refractivity contribution in [3.8, 4) is 5.75 Å². The van der Waals surface area contributed by atoms with Crippen LogP contribution in [0.4, 0.5) is 11.4 Å². The Balaban J connectivity index is 1.65. The highest BCUT2D eigenvalue weighted by atomic mass is 16.5. The predicted octanol–water partition coefficient (Wildman–Crippen LogP) is 4.61. The van der Waals surface area contributed by atoms with Gasteiger partial charge in [-0.1, -0.05) is 18.2 Å². The number of carbonyl (C=O) groups is 2. The lowest BCUT2D eigenvalue weighted by atomic mass is 10.1. The summed E-state index contributed by atoms with van der Waals surface area (Å²) < 4.78 is 5.38. The fraction of sp³-hybridized carbons (Fsp3) is 0.130. The first-order valence-corrected chi connectivity index (χ1v) is 9.06. The van der Waals surface area contributed by atoms with Gasteiger partial charge in [0.05, 0.1) is 6.61 Å². The number of nitrogens with one attached hydrogen (secondary N) is 1. The summed E-state index contributed by atoms with van der Waals surface area (Å²) in [4.78, 5) is 26.6. The Morgan fingerprint density at radius 1 is 0.857 bits per heavy atom. The molecule has 0 aliphatic heterocycles. The van der Waals surface area contributed by atoms with Gasteiger partial charge in [-0.15, -0.1) is 0 Å². The third-order valence-corrected chi connectivity index (χ3v) is 4.27. The number of anilines is 2. The van der Waals surface area contributed by atoms with Crippen molar-refractivity contribution in [1.82, 2.24) is 0 Å². The standard InChI is InChI=1S/C23H22N2O3/c1-3-28-21-15-11-17(12-16-21)22(26)24-19-13-9-18(10-14-19)23(27)25(2)20-7-5-4-6-8-20/h4-16H,3H2,1-2H3,(H,24,26). The molecule has 5 nitrogen and oxygen atoms in total. The lowest BCUT2D eigenvalue weighted by Gasteiger charge is -2.17. The zero-order chi connectivity index (χ0) is 19.9. The summed E-state index contributed by atoms with van der Waals surface area (Å²) >= 11 is 0. The van der Waals surface area contributed by atoms with Crippen LogP contribution in [0, 0.1) is 0 Å². The third kappa shape index (κ3) is 4.57. The maximum atomic E-state index is 12.6. The molecule has 0 bridgehead atoms. The molecule has 3 aromatic rings. The minimum Gasteiger partial charge on any atom is -0.494 e. The average molecular weight is 374 g/mol. The Hall–Kier alpha value is -3.60. The van der Waals surface area contributed by atoms with Gasteiger partial charge in [-0.3, -0.25) is 9.59 Å². The zero-order valence-corrected chi connectivity index (χ0v) is 15.9. The van der Waals surface area contributed by atoms with Gasteiger partial charge in [-0.05, 0) is 67.6 Å². The number of nitrogens with zero attached hydrogens (tertiary/aromatic N) is 1. The van der Waals surface area contributed by atoms with E-state index < -0.39 is 0 Å². The molecule has 142 valence electrons. The van der Waals surface area contributed by atoms with Gasteiger partial charge in [0, 0.05) is 29.5 Å². The molecule has 3 aromatic carbocycles. The molecule has 0 heterocycles. The Labute approximate surface area is 164 Å². The highest BCUT2D eigenvalue weighted by Gasteiger charge is 2.13. The Bertz CT molecular complexity index is 936. The van der Waals surface area contributed by atoms with Crippen molar-refractivity contribution in [2.24, 2.45) is 0 Å². The van der Waals surface area contributed by atoms with E-state index in [1.165, 1.54) is 0 Å². The molecule has 3 rings (SSSR count). The van der Waals surface area contributed by atoms with Crippen molar-refractivity contribution < 1.29 is 14.3 Å². The number of rotatable bonds is 6. The third-order valence-electron chi connectivity index (χ3n) is 4.27. The van der Waals surface area contributed by atoms with Gasteiger partial charge in [0.25, 0.3) is 11.8 Å². The molecule has 0 radical (unpaired) electrons. The van der Waals surface area contributed by atoms with Gasteiger partial charge in [0.15, 0.2) is 0 Å². The zero-order valence-electron chi connectivity index (χ0n) is 15.9. The monoisotopic (exact) mass is 374 g/mol. The number of hydrogen-bond acceptors (Lipinski definition) is 3. The van der Waals surface area contributed by atoms with Crippen LogP contribution in [0.25, 0.3) is 0 Å². The van der Waals surface area contributed by atoms with E-state index in [9.17, 15) is 9.59 Å². The maximum absolute atomic E-state index is 12.6. The number of benzene rings is 3. The summed E-state index contributed by atoms with van der Waals surface area (Å²) in [5, 5.41) is 2.83. The molecule has 1 N–H and O–H groups in total. The number of para-hydroxylation sites is 1. The minimum atomic E-state index is -0.219. The second-order valence-electron chi connectivity index (χ2n) is 6.19. The highest BCUT2D eigenvalue weighted by molar-refractivity contribution is 6.07. The minimum absolute atomic E-state index is 0.115. The molecule has 5 heteroatoms. The van der Waals surface area contributed by atoms with E-state index in [0.717, 1.165) is 11.4 Å². The summed E-state index contributed by atoms with van der Waals surface area (Å²) in [5.41, 5.74) is 2.52. The van der Waals surface area contributed by atoms with Crippen molar-refractivity contribution in [1.29, 1.82) is 0 Å². The Morgan fingerprint density at radius 3 is 2.07 bits per heavy atom. The van der Waals surface area contributed by atoms with E-state index in [1.54, 1.807) is 60.5 Å². The first kappa shape index (κ1) is 19.2. The predicted molar refractivity (Wildman–Crippen MR) is 111 cm³/mol. The molecular formula is C23H22N2O3. The molecule has 0 spiro atoms. The van der Waals surface area contributed by atoms with Crippen molar-refractivity contribution >= 4 is 23.2 Å². The largest absolute Gasteiger partial charge is 0.494 e. The van der Waals surface area contributed by atoms with Crippen LogP contribution >= 0.6 is 0 Å². The molecular weight excluding hydrogens is 352 g/mol. The van der Waals surface area contributed by atoms with Crippen LogP contribution in [0.5, 0.6) is 5.75 Å². The highest BCUT2D eigenvalue weighted by Crippen LogP contribution is 2.18. The van der Waals surface area contributed by atoms with E-state index in [-0.39, 0.29) is 11.8 Å². The smallest absolute Gasteiger partial charge is 0.258 e. The van der Waals surface area contributed by atoms with Crippen LogP contribution in [-0.2, 0) is 0 Å². The molecule has 0 saturated carbocycles. The first-order valence-electron chi connectivity index (χ1n) is 9.06. The van der Waals surface area contributed by atoms with Crippen LogP contribution in [0.2, 0.25) is 0 Å². The fourth-order valence-electron chi connectivity index (χ4n) is 2.73. The van der Waals surface area contributed by atoms with E-state index in [0.29, 0.717) is 23.4 Å². The molecule has 0 fully saturated rings. The molecule has 0 aromatic heterocycles. The molecule has 0 unspecified atom stereocenters. The van der Waals surface area contributed by atoms with Gasteiger partial charge in [-0.25, -0.2) is 0 Å². The van der Waals surface area contributed by atoms with Crippen molar-refractivity contribution in [2.75, 3.05) is 23.9 Å². The Kier molecular flexibility index (Phi) is 6.07. The van der Waals surface area contributed by atoms with Crippen LogP contribution in [0.15, 0.2) is 78.9 Å². The lowest BCUT2D eigenvalue weighted by Crippen LogP contribution is -2.26. The van der Waals surface area contributed by atoms with Crippen LogP contribution in [-0.4, -0.2) is 25.5 Å². The molecule has 0 saturated heterocycles. The number of ether oxygens (including phenoxy) is 1. The van der Waals surface area contributed by atoms with Gasteiger partial charge < -0.3 is 15.0 Å². The first-order chi connectivity index (χ1) is 13.6. The van der Waals surface area contributed by atoms with Crippen LogP contribution < -0.4 is 15.0 Å². The summed E-state index contributed by atoms with van der Waals surface area (Å²) in [6, 6.07) is 23.2. The van der Waals surface area contributed by atoms with E-state index in [2.05, 4.69) is 5.32 Å². The molecule has 0 aliphatic rings. The summed E-state index contributed by atoms with van der Waals surface area (Å²) in [6.07, 6.45) is 0. The van der Waals surface area contributed by atoms with Gasteiger partial charge in [0.2, 0.25) is 0 Å². The van der Waals surface area contributed by atoms with E-state index >= 15 is 0 Å². The van der Waals surface area contributed by atoms with Gasteiger partial charge in [0.1, 0.15) is 5.75 Å². The topological polar surface area (TPSA) is 58.6 Å². The quantitative estimate of drug-likeness (QED) is 0.685. The van der Waals surface area contributed by atoms with E-state index in [1.807, 2.05) is 37.3 Å². The second kappa shape index (κ2) is 8.86. The number of carbonyl (C=O) groups excluding carboxylic acids is 2. The van der Waals surface area contributed by atoms with Gasteiger partial charge >= 0.3 is 0 Å². The Morgan fingerprint density at radius 2 is 1.46 bits per heavy atom. The fourth-order valence-corrected chi connectivity index (χ4v) is 2.73. The average Bonchev–Trinajstić information content (AvgIpc) is 2.74. The normalized spacial score (nSPS) is 10.2. The second-order valence-corrected chi connectivity index (χ2v) is 6.19. The van der Waals surface area contributed by atoms with Crippen molar-refractivity contribution in [3.05, 3.63) is 90.0 Å². The van der Waals surface area contributed by atoms with Gasteiger partial charge in [-0.2, -0.15) is 0 Å². The summed E-state index contributed by atoms with van der Waals surface area (Å²) in [7, 11) is 1.74. The van der Waals surface area contributed by atoms with Crippen LogP contribution in [0.1, 0.15) is 27.6 Å². The van der Waals surface area contributed by atoms with Crippen LogP contribution in [0.3, 0.4) is 0 Å². The lowest BCUT2D eigenvalue weighted by molar-refractivity contribution is 0.0991. The molecule has 28 heavy (non-hydrogen) atoms. The number of hydrogen-bond donors (Lipinski definition) is 1. The van der Waals surface area contributed by atoms with E-state index in [4.69, 9.17) is 4.74 Å². The molecule has 0 aliphatic carbocycles. The summed E-state index contributed by atoms with van der Waals surface area (Å²) in [5.74, 6) is 0.392. The van der Waals surface area contributed by atoms with Crippen molar-refractivity contribution in [2.45, 2.75) is 6.92 Å². The SMILES string of the molecule is CCOc1ccc(C(=O)Nc2ccc(C(=O)N(C)c3ccccc3)cc2)cc1. The maximum Gasteiger partial charge on any atom is 0.258 e. The number of amides is 2.